The number of alkyl halides is 3. The second kappa shape index (κ2) is 10.0. The standard InChI is InChI=1S/C26H21F3N8O2/c27-26(28,29)21-7-2-1-6-20(21)16-8-10-19(11-9-16)33-24(38)25(14-37-15-32-35-36-37)13-22(34-39-25)17-4-3-5-18(12-17)23(30)31/h1-12,15H,13-14H2,(H3,30,31)(H,33,38). The molecule has 0 bridgehead atoms. The molecule has 0 saturated heterocycles. The van der Waals surface area contributed by atoms with E-state index in [9.17, 15) is 18.0 Å². The summed E-state index contributed by atoms with van der Waals surface area (Å²) in [5, 5.41) is 25.6. The van der Waals surface area contributed by atoms with Crippen molar-refractivity contribution in [2.24, 2.45) is 10.9 Å². The first-order chi connectivity index (χ1) is 18.6. The molecule has 0 aliphatic carbocycles. The number of tetrazole rings is 1. The second-order valence-corrected chi connectivity index (χ2v) is 8.88. The predicted molar refractivity (Wildman–Crippen MR) is 136 cm³/mol. The van der Waals surface area contributed by atoms with Crippen LogP contribution in [0.3, 0.4) is 0 Å². The average molecular weight is 535 g/mol. The third-order valence-electron chi connectivity index (χ3n) is 6.20. The Morgan fingerprint density at radius 1 is 1.08 bits per heavy atom. The number of carbonyl (C=O) groups excluding carboxylic acids is 1. The smallest absolute Gasteiger partial charge is 0.384 e. The Balaban J connectivity index is 1.39. The Labute approximate surface area is 219 Å². The lowest BCUT2D eigenvalue weighted by atomic mass is 9.92. The lowest BCUT2D eigenvalue weighted by Crippen LogP contribution is -2.47. The quantitative estimate of drug-likeness (QED) is 0.243. The molecule has 2 heterocycles. The van der Waals surface area contributed by atoms with Gasteiger partial charge in [-0.15, -0.1) is 5.10 Å². The van der Waals surface area contributed by atoms with Crippen LogP contribution < -0.4 is 11.1 Å². The molecule has 1 atom stereocenters. The average Bonchev–Trinajstić information content (AvgIpc) is 3.60. The molecule has 1 aliphatic heterocycles. The van der Waals surface area contributed by atoms with Crippen LogP contribution in [0.1, 0.15) is 23.1 Å². The molecule has 1 amide bonds. The fourth-order valence-corrected chi connectivity index (χ4v) is 4.25. The zero-order valence-electron chi connectivity index (χ0n) is 20.2. The van der Waals surface area contributed by atoms with Crippen molar-refractivity contribution in [2.75, 3.05) is 5.32 Å². The van der Waals surface area contributed by atoms with Gasteiger partial charge in [-0.25, -0.2) is 4.68 Å². The molecule has 198 valence electrons. The molecule has 3 aromatic carbocycles. The summed E-state index contributed by atoms with van der Waals surface area (Å²) in [4.78, 5) is 19.3. The van der Waals surface area contributed by atoms with E-state index in [0.29, 0.717) is 28.1 Å². The van der Waals surface area contributed by atoms with Gasteiger partial charge in [0.25, 0.3) is 5.91 Å². The molecule has 1 aliphatic rings. The summed E-state index contributed by atoms with van der Waals surface area (Å²) in [6, 6.07) is 18.1. The molecule has 0 fully saturated rings. The normalized spacial score (nSPS) is 16.8. The molecule has 10 nitrogen and oxygen atoms in total. The number of nitrogen functional groups attached to an aromatic ring is 1. The zero-order valence-corrected chi connectivity index (χ0v) is 20.2. The van der Waals surface area contributed by atoms with E-state index in [1.165, 1.54) is 53.5 Å². The Morgan fingerprint density at radius 3 is 2.54 bits per heavy atom. The number of nitrogens with one attached hydrogen (secondary N) is 2. The van der Waals surface area contributed by atoms with E-state index >= 15 is 0 Å². The Hall–Kier alpha value is -5.07. The van der Waals surface area contributed by atoms with Gasteiger partial charge in [-0.3, -0.25) is 10.2 Å². The third-order valence-corrected chi connectivity index (χ3v) is 6.20. The predicted octanol–water partition coefficient (Wildman–Crippen LogP) is 3.85. The summed E-state index contributed by atoms with van der Waals surface area (Å²) in [7, 11) is 0. The first-order valence-corrected chi connectivity index (χ1v) is 11.6. The van der Waals surface area contributed by atoms with Crippen molar-refractivity contribution in [1.82, 2.24) is 20.2 Å². The van der Waals surface area contributed by atoms with Gasteiger partial charge in [0.1, 0.15) is 12.2 Å². The minimum absolute atomic E-state index is 0.0305. The van der Waals surface area contributed by atoms with Crippen molar-refractivity contribution < 1.29 is 22.8 Å². The maximum absolute atomic E-state index is 13.6. The molecule has 5 rings (SSSR count). The maximum Gasteiger partial charge on any atom is 0.417 e. The number of hydrogen-bond donors (Lipinski definition) is 3. The molecular formula is C26H21F3N8O2. The Bertz CT molecular complexity index is 1550. The SMILES string of the molecule is N=C(N)c1cccc(C2=NOC(Cn3cnnn3)(C(=O)Nc3ccc(-c4ccccc4C(F)(F)F)cc3)C2)c1. The van der Waals surface area contributed by atoms with E-state index < -0.39 is 23.2 Å². The van der Waals surface area contributed by atoms with E-state index in [0.717, 1.165) is 6.07 Å². The van der Waals surface area contributed by atoms with Crippen molar-refractivity contribution >= 4 is 23.1 Å². The Morgan fingerprint density at radius 2 is 1.85 bits per heavy atom. The topological polar surface area (TPSA) is 144 Å². The van der Waals surface area contributed by atoms with E-state index in [1.54, 1.807) is 24.3 Å². The number of aromatic nitrogens is 4. The highest BCUT2D eigenvalue weighted by Gasteiger charge is 2.48. The van der Waals surface area contributed by atoms with Crippen LogP contribution in [0.2, 0.25) is 0 Å². The number of rotatable bonds is 7. The van der Waals surface area contributed by atoms with Gasteiger partial charge in [-0.2, -0.15) is 13.2 Å². The molecule has 1 unspecified atom stereocenters. The van der Waals surface area contributed by atoms with Gasteiger partial charge < -0.3 is 15.9 Å². The second-order valence-electron chi connectivity index (χ2n) is 8.88. The fourth-order valence-electron chi connectivity index (χ4n) is 4.25. The first-order valence-electron chi connectivity index (χ1n) is 11.6. The van der Waals surface area contributed by atoms with Crippen LogP contribution in [0.25, 0.3) is 11.1 Å². The number of hydrogen-bond acceptors (Lipinski definition) is 7. The number of nitrogens with two attached hydrogens (primary N) is 1. The summed E-state index contributed by atoms with van der Waals surface area (Å²) < 4.78 is 41.7. The van der Waals surface area contributed by atoms with Crippen LogP contribution >= 0.6 is 0 Å². The first kappa shape index (κ1) is 25.6. The van der Waals surface area contributed by atoms with Crippen molar-refractivity contribution in [1.29, 1.82) is 5.41 Å². The van der Waals surface area contributed by atoms with Crippen LogP contribution in [-0.2, 0) is 22.4 Å². The summed E-state index contributed by atoms with van der Waals surface area (Å²) in [5.74, 6) is -0.668. The van der Waals surface area contributed by atoms with E-state index in [2.05, 4.69) is 26.0 Å². The van der Waals surface area contributed by atoms with Gasteiger partial charge in [0, 0.05) is 23.2 Å². The van der Waals surface area contributed by atoms with Crippen molar-refractivity contribution in [3.05, 3.63) is 95.8 Å². The summed E-state index contributed by atoms with van der Waals surface area (Å²) in [5.41, 5.74) is 5.62. The molecule has 39 heavy (non-hydrogen) atoms. The highest BCUT2D eigenvalue weighted by Crippen LogP contribution is 2.37. The van der Waals surface area contributed by atoms with Gasteiger partial charge in [-0.1, -0.05) is 53.7 Å². The monoisotopic (exact) mass is 534 g/mol. The maximum atomic E-state index is 13.6. The van der Waals surface area contributed by atoms with Gasteiger partial charge >= 0.3 is 6.18 Å². The molecule has 0 saturated carbocycles. The van der Waals surface area contributed by atoms with E-state index in [-0.39, 0.29) is 24.4 Å². The fraction of sp³-hybridized carbons (Fsp3) is 0.154. The van der Waals surface area contributed by atoms with Crippen molar-refractivity contribution in [3.63, 3.8) is 0 Å². The molecule has 4 aromatic rings. The van der Waals surface area contributed by atoms with Crippen LogP contribution in [0, 0.1) is 5.41 Å². The molecular weight excluding hydrogens is 513 g/mol. The van der Waals surface area contributed by atoms with Crippen LogP contribution in [0.15, 0.2) is 84.3 Å². The molecule has 4 N–H and O–H groups in total. The van der Waals surface area contributed by atoms with E-state index in [1.807, 2.05) is 0 Å². The van der Waals surface area contributed by atoms with Gasteiger partial charge in [-0.05, 0) is 45.8 Å². The van der Waals surface area contributed by atoms with Crippen molar-refractivity contribution in [2.45, 2.75) is 24.7 Å². The van der Waals surface area contributed by atoms with Gasteiger partial charge in [0.05, 0.1) is 17.8 Å². The lowest BCUT2D eigenvalue weighted by Gasteiger charge is -2.25. The molecule has 0 radical (unpaired) electrons. The number of halogens is 3. The van der Waals surface area contributed by atoms with E-state index in [4.69, 9.17) is 16.0 Å². The Kier molecular flexibility index (Phi) is 6.56. The molecule has 0 spiro atoms. The third kappa shape index (κ3) is 5.32. The highest BCUT2D eigenvalue weighted by molar-refractivity contribution is 6.09. The number of amides is 1. The molecule has 13 heteroatoms. The highest BCUT2D eigenvalue weighted by atomic mass is 19.4. The summed E-state index contributed by atoms with van der Waals surface area (Å²) in [6.07, 6.45) is -3.12. The number of nitrogens with zero attached hydrogens (tertiary/aromatic N) is 5. The lowest BCUT2D eigenvalue weighted by molar-refractivity contribution is -0.140. The van der Waals surface area contributed by atoms with Crippen molar-refractivity contribution in [3.8, 4) is 11.1 Å². The zero-order chi connectivity index (χ0) is 27.6. The summed E-state index contributed by atoms with van der Waals surface area (Å²) in [6.45, 7) is -0.0672. The minimum atomic E-state index is -4.51. The van der Waals surface area contributed by atoms with Crippen LogP contribution in [0.5, 0.6) is 0 Å². The number of oxime groups is 1. The largest absolute Gasteiger partial charge is 0.417 e. The minimum Gasteiger partial charge on any atom is -0.384 e. The summed E-state index contributed by atoms with van der Waals surface area (Å²) >= 11 is 0. The number of benzene rings is 3. The number of carbonyl (C=O) groups is 1. The van der Waals surface area contributed by atoms with Gasteiger partial charge in [0.2, 0.25) is 5.60 Å². The van der Waals surface area contributed by atoms with Crippen LogP contribution in [0.4, 0.5) is 18.9 Å². The van der Waals surface area contributed by atoms with Crippen LogP contribution in [-0.4, -0.2) is 43.3 Å². The number of anilines is 1. The number of amidine groups is 1. The van der Waals surface area contributed by atoms with Gasteiger partial charge in [0.15, 0.2) is 0 Å². The molecule has 1 aromatic heterocycles.